The van der Waals surface area contributed by atoms with Crippen LogP contribution in [0.4, 0.5) is 4.79 Å². The molecule has 0 aliphatic carbocycles. The molecule has 22 heavy (non-hydrogen) atoms. The van der Waals surface area contributed by atoms with Gasteiger partial charge in [0.2, 0.25) is 0 Å². The average molecular weight is 333 g/mol. The van der Waals surface area contributed by atoms with Crippen molar-refractivity contribution in [1.29, 1.82) is 0 Å². The molecular weight excluding hydrogens is 300 g/mol. The highest BCUT2D eigenvalue weighted by molar-refractivity contribution is 7.99. The molecule has 1 amide bonds. The maximum atomic E-state index is 12.2. The van der Waals surface area contributed by atoms with Gasteiger partial charge in [0.25, 0.3) is 0 Å². The molecule has 5 nitrogen and oxygen atoms in total. The van der Waals surface area contributed by atoms with Crippen LogP contribution in [0, 0.1) is 0 Å². The Morgan fingerprint density at radius 1 is 1.50 bits per heavy atom. The van der Waals surface area contributed by atoms with Crippen LogP contribution in [-0.4, -0.2) is 64.5 Å². The Balaban J connectivity index is 2.45. The molecule has 1 aliphatic rings. The molecule has 0 radical (unpaired) electrons. The summed E-state index contributed by atoms with van der Waals surface area (Å²) in [5.41, 5.74) is -0.518. The Bertz CT molecular complexity index is 345. The molecule has 0 aromatic heterocycles. The van der Waals surface area contributed by atoms with Gasteiger partial charge in [-0.3, -0.25) is 0 Å². The van der Waals surface area contributed by atoms with Crippen molar-refractivity contribution in [1.82, 2.24) is 10.2 Å². The molecule has 3 atom stereocenters. The first-order valence-electron chi connectivity index (χ1n) is 8.20. The number of nitrogens with one attached hydrogen (secondary N) is 1. The fraction of sp³-hybridized carbons (Fsp3) is 0.938. The Morgan fingerprint density at radius 2 is 2.18 bits per heavy atom. The third-order valence-corrected chi connectivity index (χ3v) is 4.91. The van der Waals surface area contributed by atoms with E-state index in [9.17, 15) is 9.90 Å². The summed E-state index contributed by atoms with van der Waals surface area (Å²) in [5.74, 6) is 1.24. The summed E-state index contributed by atoms with van der Waals surface area (Å²) < 4.78 is 5.41. The lowest BCUT2D eigenvalue weighted by atomic mass is 10.1. The van der Waals surface area contributed by atoms with Gasteiger partial charge in [0.1, 0.15) is 5.60 Å². The summed E-state index contributed by atoms with van der Waals surface area (Å²) in [5, 5.41) is 13.7. The highest BCUT2D eigenvalue weighted by Gasteiger charge is 2.24. The Hall–Kier alpha value is -0.460. The smallest absolute Gasteiger partial charge is 0.410 e. The normalized spacial score (nSPS) is 23.9. The molecule has 1 rings (SSSR count). The number of aliphatic hydroxyl groups is 1. The van der Waals surface area contributed by atoms with E-state index >= 15 is 0 Å². The second-order valence-corrected chi connectivity index (χ2v) is 8.54. The van der Waals surface area contributed by atoms with E-state index in [2.05, 4.69) is 12.2 Å². The first-order chi connectivity index (χ1) is 10.2. The van der Waals surface area contributed by atoms with Crippen molar-refractivity contribution in [2.24, 2.45) is 0 Å². The molecule has 130 valence electrons. The van der Waals surface area contributed by atoms with E-state index < -0.39 is 11.7 Å². The van der Waals surface area contributed by atoms with Gasteiger partial charge in [0.15, 0.2) is 0 Å². The van der Waals surface area contributed by atoms with Crippen molar-refractivity contribution in [2.45, 2.75) is 70.5 Å². The maximum absolute atomic E-state index is 12.2. The first kappa shape index (κ1) is 19.6. The lowest BCUT2D eigenvalue weighted by molar-refractivity contribution is 0.0163. The van der Waals surface area contributed by atoms with Crippen LogP contribution >= 0.6 is 11.8 Å². The number of nitrogens with zero attached hydrogens (tertiary/aromatic N) is 1. The van der Waals surface area contributed by atoms with Gasteiger partial charge in [-0.2, -0.15) is 11.8 Å². The topological polar surface area (TPSA) is 61.8 Å². The van der Waals surface area contributed by atoms with Crippen LogP contribution in [0.25, 0.3) is 0 Å². The third kappa shape index (κ3) is 7.70. The van der Waals surface area contributed by atoms with E-state index in [1.165, 1.54) is 18.6 Å². The molecule has 1 saturated heterocycles. The number of aliphatic hydroxyl groups excluding tert-OH is 1. The lowest BCUT2D eigenvalue weighted by Gasteiger charge is -2.31. The Kier molecular flexibility index (Phi) is 8.00. The Labute approximate surface area is 139 Å². The zero-order valence-electron chi connectivity index (χ0n) is 14.6. The van der Waals surface area contributed by atoms with E-state index in [0.29, 0.717) is 24.4 Å². The molecule has 0 saturated carbocycles. The number of ether oxygens (including phenoxy) is 1. The minimum Gasteiger partial charge on any atom is -0.444 e. The number of amides is 1. The first-order valence-corrected chi connectivity index (χ1v) is 9.25. The number of carbonyl (C=O) groups excluding carboxylic acids is 1. The highest BCUT2D eigenvalue weighted by Crippen LogP contribution is 2.24. The zero-order valence-corrected chi connectivity index (χ0v) is 15.4. The fourth-order valence-electron chi connectivity index (χ4n) is 2.48. The summed E-state index contributed by atoms with van der Waals surface area (Å²) in [6, 6.07) is 0.505. The number of thioether (sulfide) groups is 1. The number of hydrogen-bond donors (Lipinski definition) is 2. The van der Waals surface area contributed by atoms with Gasteiger partial charge in [0, 0.05) is 30.9 Å². The molecule has 3 unspecified atom stereocenters. The van der Waals surface area contributed by atoms with Gasteiger partial charge >= 0.3 is 6.09 Å². The van der Waals surface area contributed by atoms with Crippen LogP contribution in [0.15, 0.2) is 0 Å². The van der Waals surface area contributed by atoms with Gasteiger partial charge < -0.3 is 20.1 Å². The second-order valence-electron chi connectivity index (χ2n) is 7.05. The molecular formula is C16H32N2O3S. The predicted molar refractivity (Wildman–Crippen MR) is 92.4 cm³/mol. The summed E-state index contributed by atoms with van der Waals surface area (Å²) in [6.45, 7) is 11.1. The van der Waals surface area contributed by atoms with Gasteiger partial charge in [-0.15, -0.1) is 0 Å². The summed E-state index contributed by atoms with van der Waals surface area (Å²) in [6.07, 6.45) is 1.52. The number of hydrogen-bond acceptors (Lipinski definition) is 5. The average Bonchev–Trinajstić information content (AvgIpc) is 2.37. The highest BCUT2D eigenvalue weighted by atomic mass is 32.2. The molecule has 0 spiro atoms. The van der Waals surface area contributed by atoms with Crippen molar-refractivity contribution < 1.29 is 14.6 Å². The van der Waals surface area contributed by atoms with Gasteiger partial charge in [0.05, 0.1) is 6.10 Å². The van der Waals surface area contributed by atoms with Crippen molar-refractivity contribution in [2.75, 3.05) is 25.4 Å². The van der Waals surface area contributed by atoms with E-state index in [1.807, 2.05) is 32.5 Å². The minimum absolute atomic E-state index is 0.297. The van der Waals surface area contributed by atoms with Gasteiger partial charge in [-0.05, 0) is 46.3 Å². The molecule has 0 aromatic carbocycles. The summed E-state index contributed by atoms with van der Waals surface area (Å²) in [7, 11) is 0. The third-order valence-electron chi connectivity index (χ3n) is 3.53. The van der Waals surface area contributed by atoms with Crippen LogP contribution < -0.4 is 5.32 Å². The number of carbonyl (C=O) groups is 1. The summed E-state index contributed by atoms with van der Waals surface area (Å²) >= 11 is 2.00. The van der Waals surface area contributed by atoms with Gasteiger partial charge in [-0.25, -0.2) is 4.79 Å². The van der Waals surface area contributed by atoms with Crippen molar-refractivity contribution in [3.8, 4) is 0 Å². The molecule has 2 N–H and O–H groups in total. The van der Waals surface area contributed by atoms with E-state index in [4.69, 9.17) is 4.74 Å². The standard InChI is InChI=1S/C16H32N2O3S/c1-12(19)11-18(15(20)21-16(3,4)5)9-8-17-14-7-6-10-22-13(14)2/h12-14,17,19H,6-11H2,1-5H3. The molecule has 6 heteroatoms. The molecule has 1 fully saturated rings. The van der Waals surface area contributed by atoms with E-state index in [-0.39, 0.29) is 6.09 Å². The monoisotopic (exact) mass is 332 g/mol. The Morgan fingerprint density at radius 3 is 2.73 bits per heavy atom. The maximum Gasteiger partial charge on any atom is 0.410 e. The largest absolute Gasteiger partial charge is 0.444 e. The van der Waals surface area contributed by atoms with Crippen molar-refractivity contribution in [3.05, 3.63) is 0 Å². The quantitative estimate of drug-likeness (QED) is 0.782. The van der Waals surface area contributed by atoms with Crippen LogP contribution in [0.3, 0.4) is 0 Å². The van der Waals surface area contributed by atoms with Gasteiger partial charge in [-0.1, -0.05) is 6.92 Å². The minimum atomic E-state index is -0.559. The SMILES string of the molecule is CC(O)CN(CCNC1CCCSC1C)C(=O)OC(C)(C)C. The van der Waals surface area contributed by atoms with Crippen LogP contribution in [0.1, 0.15) is 47.5 Å². The number of rotatable bonds is 6. The lowest BCUT2D eigenvalue weighted by Crippen LogP contribution is -2.47. The predicted octanol–water partition coefficient (Wildman–Crippen LogP) is 2.48. The summed E-state index contributed by atoms with van der Waals surface area (Å²) in [4.78, 5) is 13.8. The molecule has 0 aromatic rings. The zero-order chi connectivity index (χ0) is 16.8. The van der Waals surface area contributed by atoms with Crippen LogP contribution in [0.5, 0.6) is 0 Å². The second kappa shape index (κ2) is 8.99. The van der Waals surface area contributed by atoms with E-state index in [1.54, 1.807) is 11.8 Å². The fourth-order valence-corrected chi connectivity index (χ4v) is 3.65. The van der Waals surface area contributed by atoms with E-state index in [0.717, 1.165) is 6.54 Å². The van der Waals surface area contributed by atoms with Crippen LogP contribution in [0.2, 0.25) is 0 Å². The molecule has 0 bridgehead atoms. The van der Waals surface area contributed by atoms with Crippen molar-refractivity contribution >= 4 is 17.9 Å². The van der Waals surface area contributed by atoms with Crippen LogP contribution in [-0.2, 0) is 4.74 Å². The molecule has 1 aliphatic heterocycles. The molecule has 1 heterocycles. The van der Waals surface area contributed by atoms with Crippen molar-refractivity contribution in [3.63, 3.8) is 0 Å².